The van der Waals surface area contributed by atoms with Gasteiger partial charge in [-0.2, -0.15) is 5.48 Å². The summed E-state index contributed by atoms with van der Waals surface area (Å²) in [7, 11) is 0. The number of amides is 1. The fraction of sp³-hybridized carbons (Fsp3) is 0.111. The van der Waals surface area contributed by atoms with Gasteiger partial charge < -0.3 is 10.6 Å². The maximum absolute atomic E-state index is 11.2. The number of hydrogen-bond donors (Lipinski definition) is 2. The Morgan fingerprint density at radius 2 is 1.93 bits per heavy atom. The highest BCUT2D eigenvalue weighted by molar-refractivity contribution is 5.94. The molecule has 0 saturated carbocycles. The minimum Gasteiger partial charge on any atom is -0.339 e. The molecular formula is C9H10N2O3. The van der Waals surface area contributed by atoms with E-state index in [-0.39, 0.29) is 6.54 Å². The smallest absolute Gasteiger partial charge is 0.339 e. The molecule has 0 aliphatic carbocycles. The average Bonchev–Trinajstić information content (AvgIpc) is 2.26. The molecule has 1 amide bonds. The normalized spacial score (nSPS) is 9.21. The molecule has 0 aliphatic heterocycles. The predicted octanol–water partition coefficient (Wildman–Crippen LogP) is -0.167. The first kappa shape index (κ1) is 10.2. The lowest BCUT2D eigenvalue weighted by Gasteiger charge is -2.03. The Morgan fingerprint density at radius 3 is 2.50 bits per heavy atom. The maximum atomic E-state index is 11.2. The number of hydrogen-bond acceptors (Lipinski definition) is 4. The third-order valence-electron chi connectivity index (χ3n) is 1.46. The van der Waals surface area contributed by atoms with Crippen molar-refractivity contribution in [2.24, 2.45) is 5.73 Å². The molecule has 0 spiro atoms. The SMILES string of the molecule is NCC(=O)ONC(=O)c1ccccc1. The van der Waals surface area contributed by atoms with Gasteiger partial charge in [-0.1, -0.05) is 18.2 Å². The summed E-state index contributed by atoms with van der Waals surface area (Å²) in [4.78, 5) is 26.2. The number of rotatable bonds is 2. The molecule has 0 radical (unpaired) electrons. The van der Waals surface area contributed by atoms with Crippen LogP contribution in [0.15, 0.2) is 30.3 Å². The van der Waals surface area contributed by atoms with Gasteiger partial charge in [0.2, 0.25) is 0 Å². The molecule has 5 heteroatoms. The van der Waals surface area contributed by atoms with E-state index in [4.69, 9.17) is 5.73 Å². The summed E-state index contributed by atoms with van der Waals surface area (Å²) in [5.74, 6) is -1.17. The molecule has 0 atom stereocenters. The van der Waals surface area contributed by atoms with Crippen molar-refractivity contribution in [2.45, 2.75) is 0 Å². The molecule has 1 rings (SSSR count). The van der Waals surface area contributed by atoms with E-state index >= 15 is 0 Å². The number of nitrogens with one attached hydrogen (secondary N) is 1. The molecule has 0 unspecified atom stereocenters. The van der Waals surface area contributed by atoms with Crippen molar-refractivity contribution in [3.63, 3.8) is 0 Å². The van der Waals surface area contributed by atoms with Crippen molar-refractivity contribution < 1.29 is 14.4 Å². The van der Waals surface area contributed by atoms with Crippen molar-refractivity contribution >= 4 is 11.9 Å². The quantitative estimate of drug-likeness (QED) is 0.640. The standard InChI is InChI=1S/C9H10N2O3/c10-6-8(12)14-11-9(13)7-4-2-1-3-5-7/h1-5H,6,10H2,(H,11,13). The monoisotopic (exact) mass is 194 g/mol. The first-order chi connectivity index (χ1) is 6.74. The van der Waals surface area contributed by atoms with Gasteiger partial charge in [0.05, 0.1) is 6.54 Å². The van der Waals surface area contributed by atoms with Gasteiger partial charge >= 0.3 is 5.97 Å². The number of hydroxylamine groups is 1. The number of carbonyl (C=O) groups excluding carboxylic acids is 2. The summed E-state index contributed by atoms with van der Waals surface area (Å²) >= 11 is 0. The second kappa shape index (κ2) is 4.98. The molecule has 0 bridgehead atoms. The van der Waals surface area contributed by atoms with Crippen LogP contribution in [0.4, 0.5) is 0 Å². The van der Waals surface area contributed by atoms with Crippen molar-refractivity contribution in [1.82, 2.24) is 5.48 Å². The molecular weight excluding hydrogens is 184 g/mol. The van der Waals surface area contributed by atoms with E-state index in [9.17, 15) is 9.59 Å². The molecule has 0 fully saturated rings. The molecule has 1 aromatic rings. The Morgan fingerprint density at radius 1 is 1.29 bits per heavy atom. The molecule has 3 N–H and O–H groups in total. The third-order valence-corrected chi connectivity index (χ3v) is 1.46. The Bertz CT molecular complexity index is 324. The van der Waals surface area contributed by atoms with Crippen LogP contribution in [0.25, 0.3) is 0 Å². The maximum Gasteiger partial charge on any atom is 0.345 e. The highest BCUT2D eigenvalue weighted by Crippen LogP contribution is 1.97. The molecule has 0 saturated heterocycles. The van der Waals surface area contributed by atoms with E-state index in [2.05, 4.69) is 4.84 Å². The van der Waals surface area contributed by atoms with Crippen LogP contribution in [0.3, 0.4) is 0 Å². The highest BCUT2D eigenvalue weighted by Gasteiger charge is 2.06. The van der Waals surface area contributed by atoms with Crippen LogP contribution in [0.5, 0.6) is 0 Å². The molecule has 1 aromatic carbocycles. The topological polar surface area (TPSA) is 81.4 Å². The molecule has 0 heterocycles. The molecule has 0 aliphatic rings. The number of carbonyl (C=O) groups is 2. The molecule has 0 aromatic heterocycles. The first-order valence-corrected chi connectivity index (χ1v) is 3.99. The lowest BCUT2D eigenvalue weighted by Crippen LogP contribution is -2.30. The first-order valence-electron chi connectivity index (χ1n) is 3.99. The zero-order valence-corrected chi connectivity index (χ0v) is 7.40. The van der Waals surface area contributed by atoms with E-state index in [0.717, 1.165) is 0 Å². The fourth-order valence-electron chi connectivity index (χ4n) is 0.793. The summed E-state index contributed by atoms with van der Waals surface area (Å²) < 4.78 is 0. The highest BCUT2D eigenvalue weighted by atomic mass is 16.7. The van der Waals surface area contributed by atoms with E-state index in [1.165, 1.54) is 0 Å². The Hall–Kier alpha value is -1.88. The average molecular weight is 194 g/mol. The van der Waals surface area contributed by atoms with Crippen molar-refractivity contribution in [1.29, 1.82) is 0 Å². The van der Waals surface area contributed by atoms with Crippen LogP contribution in [0, 0.1) is 0 Å². The minimum absolute atomic E-state index is 0.269. The number of nitrogens with two attached hydrogens (primary N) is 1. The Kier molecular flexibility index (Phi) is 3.63. The van der Waals surface area contributed by atoms with Gasteiger partial charge in [-0.15, -0.1) is 0 Å². The van der Waals surface area contributed by atoms with Crippen LogP contribution < -0.4 is 11.2 Å². The van der Waals surface area contributed by atoms with Crippen LogP contribution in [0.2, 0.25) is 0 Å². The Balaban J connectivity index is 2.48. The van der Waals surface area contributed by atoms with E-state index in [0.29, 0.717) is 5.56 Å². The van der Waals surface area contributed by atoms with E-state index in [1.807, 2.05) is 5.48 Å². The summed E-state index contributed by atoms with van der Waals surface area (Å²) in [5.41, 5.74) is 7.37. The van der Waals surface area contributed by atoms with Gasteiger partial charge in [0.25, 0.3) is 5.91 Å². The van der Waals surface area contributed by atoms with Crippen molar-refractivity contribution in [2.75, 3.05) is 6.54 Å². The minimum atomic E-state index is -0.686. The van der Waals surface area contributed by atoms with Crippen molar-refractivity contribution in [3.8, 4) is 0 Å². The molecule has 14 heavy (non-hydrogen) atoms. The van der Waals surface area contributed by atoms with Crippen LogP contribution in [-0.2, 0) is 9.63 Å². The summed E-state index contributed by atoms with van der Waals surface area (Å²) in [6, 6.07) is 8.40. The van der Waals surface area contributed by atoms with Gasteiger partial charge in [-0.3, -0.25) is 4.79 Å². The zero-order chi connectivity index (χ0) is 10.4. The second-order valence-electron chi connectivity index (χ2n) is 2.48. The van der Waals surface area contributed by atoms with E-state index < -0.39 is 11.9 Å². The lowest BCUT2D eigenvalue weighted by atomic mass is 10.2. The van der Waals surface area contributed by atoms with Gasteiger partial charge in [0.15, 0.2) is 0 Å². The largest absolute Gasteiger partial charge is 0.345 e. The summed E-state index contributed by atoms with van der Waals surface area (Å²) in [6.07, 6.45) is 0. The summed E-state index contributed by atoms with van der Waals surface area (Å²) in [6.45, 7) is -0.269. The van der Waals surface area contributed by atoms with Crippen molar-refractivity contribution in [3.05, 3.63) is 35.9 Å². The van der Waals surface area contributed by atoms with Gasteiger partial charge in [0, 0.05) is 5.56 Å². The fourth-order valence-corrected chi connectivity index (χ4v) is 0.793. The second-order valence-corrected chi connectivity index (χ2v) is 2.48. The van der Waals surface area contributed by atoms with Gasteiger partial charge in [-0.05, 0) is 12.1 Å². The molecule has 5 nitrogen and oxygen atoms in total. The van der Waals surface area contributed by atoms with Crippen LogP contribution in [0.1, 0.15) is 10.4 Å². The zero-order valence-electron chi connectivity index (χ0n) is 7.40. The van der Waals surface area contributed by atoms with Crippen LogP contribution >= 0.6 is 0 Å². The van der Waals surface area contributed by atoms with E-state index in [1.54, 1.807) is 30.3 Å². The van der Waals surface area contributed by atoms with Gasteiger partial charge in [0.1, 0.15) is 0 Å². The Labute approximate surface area is 80.8 Å². The van der Waals surface area contributed by atoms with Crippen LogP contribution in [-0.4, -0.2) is 18.4 Å². The van der Waals surface area contributed by atoms with Gasteiger partial charge in [-0.25, -0.2) is 4.79 Å². The predicted molar refractivity (Wildman–Crippen MR) is 49.1 cm³/mol. The number of benzene rings is 1. The summed E-state index contributed by atoms with van der Waals surface area (Å²) in [5, 5.41) is 0. The molecule has 74 valence electrons. The third kappa shape index (κ3) is 2.87. The lowest BCUT2D eigenvalue weighted by molar-refractivity contribution is -0.147.